The Bertz CT molecular complexity index is 1300. The second-order valence-corrected chi connectivity index (χ2v) is 7.28. The van der Waals surface area contributed by atoms with Gasteiger partial charge in [-0.25, -0.2) is 4.68 Å². The minimum atomic E-state index is -5.10. The molecule has 0 aliphatic rings. The Morgan fingerprint density at radius 2 is 1.54 bits per heavy atom. The molecule has 1 heterocycles. The summed E-state index contributed by atoms with van der Waals surface area (Å²) in [4.78, 5) is 37.2. The molecule has 186 valence electrons. The summed E-state index contributed by atoms with van der Waals surface area (Å²) in [5, 5.41) is 6.37. The van der Waals surface area contributed by atoms with E-state index in [4.69, 9.17) is 4.74 Å². The van der Waals surface area contributed by atoms with Crippen LogP contribution in [0.5, 0.6) is 0 Å². The van der Waals surface area contributed by atoms with E-state index in [0.717, 1.165) is 0 Å². The average Bonchev–Trinajstić information content (AvgIpc) is 2.75. The third-order valence-corrected chi connectivity index (χ3v) is 4.73. The molecule has 0 radical (unpaired) electrons. The maximum Gasteiger partial charge on any atom is 0.416 e. The van der Waals surface area contributed by atoms with E-state index in [1.54, 1.807) is 13.0 Å². The molecule has 1 amide bonds. The zero-order valence-corrected chi connectivity index (χ0v) is 18.0. The molecule has 0 fully saturated rings. The summed E-state index contributed by atoms with van der Waals surface area (Å²) >= 11 is 0. The minimum absolute atomic E-state index is 0.0767. The number of rotatable bonds is 6. The predicted octanol–water partition coefficient (Wildman–Crippen LogP) is 4.18. The Balaban J connectivity index is 1.95. The molecule has 1 aromatic heterocycles. The maximum absolute atomic E-state index is 13.1. The van der Waals surface area contributed by atoms with E-state index in [9.17, 15) is 40.7 Å². The van der Waals surface area contributed by atoms with Crippen molar-refractivity contribution in [2.24, 2.45) is 0 Å². The summed E-state index contributed by atoms with van der Waals surface area (Å²) in [6.07, 6.45) is -10.5. The van der Waals surface area contributed by atoms with Crippen LogP contribution in [0.25, 0.3) is 10.8 Å². The second kappa shape index (κ2) is 9.76. The van der Waals surface area contributed by atoms with Crippen LogP contribution in [0.2, 0.25) is 0 Å². The molecule has 0 bridgehead atoms. The summed E-state index contributed by atoms with van der Waals surface area (Å²) in [5.41, 5.74) is -4.63. The summed E-state index contributed by atoms with van der Waals surface area (Å²) in [6.45, 7) is 0.847. The van der Waals surface area contributed by atoms with Gasteiger partial charge in [-0.2, -0.15) is 31.4 Å². The van der Waals surface area contributed by atoms with Crippen LogP contribution >= 0.6 is 0 Å². The van der Waals surface area contributed by atoms with Gasteiger partial charge in [-0.3, -0.25) is 14.4 Å². The van der Waals surface area contributed by atoms with Crippen molar-refractivity contribution in [2.75, 3.05) is 11.9 Å². The summed E-state index contributed by atoms with van der Waals surface area (Å²) < 4.78 is 83.9. The summed E-state index contributed by atoms with van der Waals surface area (Å²) in [7, 11) is 0. The van der Waals surface area contributed by atoms with Crippen LogP contribution in [0.4, 0.5) is 32.0 Å². The standard InChI is InChI=1S/C22H17F6N3O4/c1-2-35-19(33)10-17-15-5-3-4-6-16(15)20(34)31(30-17)11-18(32)29-14-8-12(21(23,24)25)7-13(9-14)22(26,27)28/h3-9H,2,10-11H2,1H3,(H,29,32). The number of hydrogen-bond acceptors (Lipinski definition) is 5. The molecule has 13 heteroatoms. The van der Waals surface area contributed by atoms with Crippen LogP contribution in [0.3, 0.4) is 0 Å². The number of nitrogens with zero attached hydrogens (tertiary/aromatic N) is 2. The van der Waals surface area contributed by atoms with Crippen molar-refractivity contribution >= 4 is 28.3 Å². The number of nitrogens with one attached hydrogen (secondary N) is 1. The van der Waals surface area contributed by atoms with Gasteiger partial charge in [0.25, 0.3) is 5.56 Å². The lowest BCUT2D eigenvalue weighted by molar-refractivity contribution is -0.144. The Kier molecular flexibility index (Phi) is 7.17. The number of carbonyl (C=O) groups is 2. The van der Waals surface area contributed by atoms with Gasteiger partial charge in [0, 0.05) is 11.1 Å². The van der Waals surface area contributed by atoms with Crippen molar-refractivity contribution in [2.45, 2.75) is 32.2 Å². The number of esters is 1. The van der Waals surface area contributed by atoms with Gasteiger partial charge < -0.3 is 10.1 Å². The molecular weight excluding hydrogens is 484 g/mol. The van der Waals surface area contributed by atoms with Crippen LogP contribution in [0.1, 0.15) is 23.7 Å². The van der Waals surface area contributed by atoms with Gasteiger partial charge in [-0.1, -0.05) is 18.2 Å². The molecule has 1 N–H and O–H groups in total. The lowest BCUT2D eigenvalue weighted by atomic mass is 10.1. The number of carbonyl (C=O) groups excluding carboxylic acids is 2. The molecule has 0 aliphatic heterocycles. The maximum atomic E-state index is 13.1. The molecule has 3 aromatic rings. The third-order valence-electron chi connectivity index (χ3n) is 4.73. The molecule has 0 saturated carbocycles. The molecule has 35 heavy (non-hydrogen) atoms. The van der Waals surface area contributed by atoms with Crippen LogP contribution in [-0.2, 0) is 39.6 Å². The highest BCUT2D eigenvalue weighted by Gasteiger charge is 2.37. The Hall–Kier alpha value is -3.90. The zero-order chi connectivity index (χ0) is 26.0. The normalized spacial score (nSPS) is 12.0. The first-order chi connectivity index (χ1) is 16.3. The molecular formula is C22H17F6N3O4. The number of alkyl halides is 6. The number of aromatic nitrogens is 2. The summed E-state index contributed by atoms with van der Waals surface area (Å²) in [6, 6.07) is 6.69. The smallest absolute Gasteiger partial charge is 0.416 e. The fraction of sp³-hybridized carbons (Fsp3) is 0.273. The van der Waals surface area contributed by atoms with E-state index < -0.39 is 53.1 Å². The van der Waals surface area contributed by atoms with Gasteiger partial charge in [0.2, 0.25) is 5.91 Å². The van der Waals surface area contributed by atoms with E-state index in [1.807, 2.05) is 5.32 Å². The second-order valence-electron chi connectivity index (χ2n) is 7.28. The molecule has 0 spiro atoms. The first-order valence-corrected chi connectivity index (χ1v) is 10.0. The number of anilines is 1. The van der Waals surface area contributed by atoms with Crippen LogP contribution in [0.15, 0.2) is 47.3 Å². The van der Waals surface area contributed by atoms with Crippen LogP contribution in [-0.4, -0.2) is 28.3 Å². The Labute approximate surface area is 193 Å². The van der Waals surface area contributed by atoms with Crippen molar-refractivity contribution in [3.05, 3.63) is 69.6 Å². The minimum Gasteiger partial charge on any atom is -0.466 e. The predicted molar refractivity (Wildman–Crippen MR) is 111 cm³/mol. The number of benzene rings is 2. The van der Waals surface area contributed by atoms with E-state index in [1.165, 1.54) is 18.2 Å². The lowest BCUT2D eigenvalue weighted by Gasteiger charge is -2.15. The van der Waals surface area contributed by atoms with E-state index in [2.05, 4.69) is 5.10 Å². The highest BCUT2D eigenvalue weighted by molar-refractivity contribution is 5.91. The van der Waals surface area contributed by atoms with Crippen molar-refractivity contribution < 1.29 is 40.7 Å². The molecule has 3 rings (SSSR count). The third kappa shape index (κ3) is 6.16. The molecule has 0 aliphatic carbocycles. The lowest BCUT2D eigenvalue weighted by Crippen LogP contribution is -2.31. The highest BCUT2D eigenvalue weighted by Crippen LogP contribution is 2.37. The Morgan fingerprint density at radius 3 is 2.09 bits per heavy atom. The number of ether oxygens (including phenoxy) is 1. The van der Waals surface area contributed by atoms with Crippen molar-refractivity contribution in [3.63, 3.8) is 0 Å². The van der Waals surface area contributed by atoms with Gasteiger partial charge in [-0.05, 0) is 31.2 Å². The number of hydrogen-bond donors (Lipinski definition) is 1. The van der Waals surface area contributed by atoms with E-state index in [-0.39, 0.29) is 30.2 Å². The van der Waals surface area contributed by atoms with Gasteiger partial charge in [-0.15, -0.1) is 0 Å². The fourth-order valence-corrected chi connectivity index (χ4v) is 3.26. The molecule has 0 unspecified atom stereocenters. The van der Waals surface area contributed by atoms with E-state index >= 15 is 0 Å². The molecule has 7 nitrogen and oxygen atoms in total. The monoisotopic (exact) mass is 501 g/mol. The zero-order valence-electron chi connectivity index (χ0n) is 18.0. The quantitative estimate of drug-likeness (QED) is 0.405. The first kappa shape index (κ1) is 25.7. The van der Waals surface area contributed by atoms with Crippen molar-refractivity contribution in [1.29, 1.82) is 0 Å². The van der Waals surface area contributed by atoms with Crippen LogP contribution < -0.4 is 10.9 Å². The van der Waals surface area contributed by atoms with Gasteiger partial charge in [0.1, 0.15) is 6.54 Å². The van der Waals surface area contributed by atoms with Gasteiger partial charge >= 0.3 is 18.3 Å². The van der Waals surface area contributed by atoms with Crippen molar-refractivity contribution in [3.8, 4) is 0 Å². The molecule has 0 atom stereocenters. The van der Waals surface area contributed by atoms with E-state index in [0.29, 0.717) is 22.2 Å². The molecule has 0 saturated heterocycles. The van der Waals surface area contributed by atoms with Crippen LogP contribution in [0, 0.1) is 0 Å². The van der Waals surface area contributed by atoms with Crippen molar-refractivity contribution in [1.82, 2.24) is 9.78 Å². The topological polar surface area (TPSA) is 90.3 Å². The SMILES string of the molecule is CCOC(=O)Cc1nn(CC(=O)Nc2cc(C(F)(F)F)cc(C(F)(F)F)c2)c(=O)c2ccccc12. The highest BCUT2D eigenvalue weighted by atomic mass is 19.4. The first-order valence-electron chi connectivity index (χ1n) is 10.0. The largest absolute Gasteiger partial charge is 0.466 e. The number of amides is 1. The summed E-state index contributed by atoms with van der Waals surface area (Å²) in [5.74, 6) is -1.76. The Morgan fingerprint density at radius 1 is 0.971 bits per heavy atom. The molecule has 2 aromatic carbocycles. The van der Waals surface area contributed by atoms with Gasteiger partial charge in [0.15, 0.2) is 0 Å². The number of fused-ring (bicyclic) bond motifs is 1. The van der Waals surface area contributed by atoms with Gasteiger partial charge in [0.05, 0.1) is 35.2 Å². The number of halogens is 6. The fourth-order valence-electron chi connectivity index (χ4n) is 3.26. The average molecular weight is 501 g/mol.